The number of hydrogen-bond donors (Lipinski definition) is 1. The molecule has 0 aliphatic rings. The van der Waals surface area contributed by atoms with Crippen LogP contribution in [-0.2, 0) is 9.53 Å². The Bertz CT molecular complexity index is 458. The topological polar surface area (TPSA) is 46.5 Å². The number of rotatable bonds is 6. The van der Waals surface area contributed by atoms with E-state index in [2.05, 4.69) is 6.58 Å². The summed E-state index contributed by atoms with van der Waals surface area (Å²) >= 11 is 0. The average molecular weight is 260 g/mol. The first-order chi connectivity index (χ1) is 9.01. The predicted molar refractivity (Wildman–Crippen MR) is 76.5 cm³/mol. The number of carbonyl (C=O) groups is 1. The standard InChI is InChI=1S/C16H20O3/c1-4-11-16(3,18)14(15(17)19-5-2)12-13-9-7-6-8-10-13/h4,6-10,12,18H,1,5,11H2,2-3H3/b14-12-. The van der Waals surface area contributed by atoms with E-state index in [1.165, 1.54) is 0 Å². The summed E-state index contributed by atoms with van der Waals surface area (Å²) in [6.07, 6.45) is 3.52. The van der Waals surface area contributed by atoms with Crippen LogP contribution in [0.3, 0.4) is 0 Å². The molecule has 0 aliphatic carbocycles. The van der Waals surface area contributed by atoms with Crippen molar-refractivity contribution in [3.63, 3.8) is 0 Å². The molecule has 0 fully saturated rings. The fraction of sp³-hybridized carbons (Fsp3) is 0.312. The van der Waals surface area contributed by atoms with Crippen LogP contribution in [0.4, 0.5) is 0 Å². The van der Waals surface area contributed by atoms with Gasteiger partial charge in [-0.15, -0.1) is 6.58 Å². The molecular weight excluding hydrogens is 240 g/mol. The zero-order chi connectivity index (χ0) is 14.3. The van der Waals surface area contributed by atoms with Gasteiger partial charge in [-0.3, -0.25) is 0 Å². The van der Waals surface area contributed by atoms with Crippen molar-refractivity contribution >= 4 is 12.0 Å². The SMILES string of the molecule is C=CCC(C)(O)/C(=C\c1ccccc1)C(=O)OCC. The van der Waals surface area contributed by atoms with Crippen LogP contribution in [0.15, 0.2) is 48.6 Å². The number of aliphatic hydroxyl groups is 1. The molecule has 0 aromatic heterocycles. The van der Waals surface area contributed by atoms with E-state index in [9.17, 15) is 9.90 Å². The monoisotopic (exact) mass is 260 g/mol. The van der Waals surface area contributed by atoms with Crippen molar-refractivity contribution in [3.8, 4) is 0 Å². The van der Waals surface area contributed by atoms with Gasteiger partial charge in [0.15, 0.2) is 0 Å². The normalized spacial score (nSPS) is 14.6. The molecule has 102 valence electrons. The summed E-state index contributed by atoms with van der Waals surface area (Å²) in [6.45, 7) is 7.19. The second kappa shape index (κ2) is 6.90. The van der Waals surface area contributed by atoms with Crippen molar-refractivity contribution in [2.75, 3.05) is 6.61 Å². The molecule has 0 radical (unpaired) electrons. The van der Waals surface area contributed by atoms with E-state index in [4.69, 9.17) is 4.74 Å². The highest BCUT2D eigenvalue weighted by Crippen LogP contribution is 2.24. The van der Waals surface area contributed by atoms with Crippen LogP contribution in [0.1, 0.15) is 25.8 Å². The van der Waals surface area contributed by atoms with Gasteiger partial charge in [0.1, 0.15) is 0 Å². The summed E-state index contributed by atoms with van der Waals surface area (Å²) in [5.41, 5.74) is -0.209. The maximum atomic E-state index is 12.0. The molecule has 19 heavy (non-hydrogen) atoms. The Labute approximate surface area is 114 Å². The zero-order valence-electron chi connectivity index (χ0n) is 11.4. The summed E-state index contributed by atoms with van der Waals surface area (Å²) in [5, 5.41) is 10.4. The highest BCUT2D eigenvalue weighted by atomic mass is 16.5. The molecule has 1 aromatic rings. The average Bonchev–Trinajstić information content (AvgIpc) is 2.37. The quantitative estimate of drug-likeness (QED) is 0.486. The number of benzene rings is 1. The first-order valence-corrected chi connectivity index (χ1v) is 6.29. The van der Waals surface area contributed by atoms with E-state index >= 15 is 0 Å². The van der Waals surface area contributed by atoms with Gasteiger partial charge in [-0.05, 0) is 31.9 Å². The van der Waals surface area contributed by atoms with Crippen molar-refractivity contribution in [1.29, 1.82) is 0 Å². The molecule has 0 aliphatic heterocycles. The molecule has 0 bridgehead atoms. The fourth-order valence-electron chi connectivity index (χ4n) is 1.75. The lowest BCUT2D eigenvalue weighted by Gasteiger charge is -2.24. The second-order valence-corrected chi connectivity index (χ2v) is 4.46. The van der Waals surface area contributed by atoms with Crippen molar-refractivity contribution in [3.05, 3.63) is 54.1 Å². The molecule has 0 saturated carbocycles. The molecule has 0 heterocycles. The third-order valence-corrected chi connectivity index (χ3v) is 2.73. The van der Waals surface area contributed by atoms with Crippen molar-refractivity contribution < 1.29 is 14.6 Å². The highest BCUT2D eigenvalue weighted by molar-refractivity contribution is 5.95. The van der Waals surface area contributed by atoms with E-state index in [1.54, 1.807) is 26.0 Å². The van der Waals surface area contributed by atoms with Gasteiger partial charge in [-0.2, -0.15) is 0 Å². The van der Waals surface area contributed by atoms with E-state index in [1.807, 2.05) is 30.3 Å². The third-order valence-electron chi connectivity index (χ3n) is 2.73. The molecule has 3 heteroatoms. The lowest BCUT2D eigenvalue weighted by molar-refractivity contribution is -0.140. The van der Waals surface area contributed by atoms with Crippen molar-refractivity contribution in [2.24, 2.45) is 0 Å². The maximum Gasteiger partial charge on any atom is 0.336 e. The van der Waals surface area contributed by atoms with Gasteiger partial charge < -0.3 is 9.84 Å². The molecule has 1 rings (SSSR count). The molecule has 1 N–H and O–H groups in total. The summed E-state index contributed by atoms with van der Waals surface area (Å²) in [5.74, 6) is -0.502. The second-order valence-electron chi connectivity index (χ2n) is 4.46. The Balaban J connectivity index is 3.16. The van der Waals surface area contributed by atoms with Crippen LogP contribution in [0.2, 0.25) is 0 Å². The Morgan fingerprint density at radius 2 is 2.05 bits per heavy atom. The molecule has 1 atom stereocenters. The van der Waals surface area contributed by atoms with Gasteiger partial charge in [0.05, 0.1) is 17.8 Å². The molecule has 0 amide bonds. The summed E-state index contributed by atoms with van der Waals surface area (Å²) in [4.78, 5) is 12.0. The lowest BCUT2D eigenvalue weighted by Crippen LogP contribution is -2.31. The summed E-state index contributed by atoms with van der Waals surface area (Å²) < 4.78 is 5.01. The largest absolute Gasteiger partial charge is 0.463 e. The number of hydrogen-bond acceptors (Lipinski definition) is 3. The Morgan fingerprint density at radius 1 is 1.42 bits per heavy atom. The van der Waals surface area contributed by atoms with Crippen LogP contribution in [-0.4, -0.2) is 23.3 Å². The Kier molecular flexibility index (Phi) is 5.52. The van der Waals surface area contributed by atoms with E-state index in [-0.39, 0.29) is 18.6 Å². The zero-order valence-corrected chi connectivity index (χ0v) is 11.4. The van der Waals surface area contributed by atoms with E-state index in [0.717, 1.165) is 5.56 Å². The van der Waals surface area contributed by atoms with Crippen LogP contribution >= 0.6 is 0 Å². The first-order valence-electron chi connectivity index (χ1n) is 6.29. The van der Waals surface area contributed by atoms with Gasteiger partial charge in [-0.1, -0.05) is 36.4 Å². The minimum absolute atomic E-state index is 0.237. The van der Waals surface area contributed by atoms with Crippen molar-refractivity contribution in [2.45, 2.75) is 25.9 Å². The van der Waals surface area contributed by atoms with Gasteiger partial charge in [0.25, 0.3) is 0 Å². The van der Waals surface area contributed by atoms with E-state index < -0.39 is 11.6 Å². The third kappa shape index (κ3) is 4.38. The minimum atomic E-state index is -1.29. The number of esters is 1. The molecule has 1 unspecified atom stereocenters. The molecule has 0 saturated heterocycles. The van der Waals surface area contributed by atoms with E-state index in [0.29, 0.717) is 0 Å². The van der Waals surface area contributed by atoms with Crippen LogP contribution < -0.4 is 0 Å². The van der Waals surface area contributed by atoms with Gasteiger partial charge in [-0.25, -0.2) is 4.79 Å². The van der Waals surface area contributed by atoms with Crippen LogP contribution in [0, 0.1) is 0 Å². The molecule has 0 spiro atoms. The van der Waals surface area contributed by atoms with Gasteiger partial charge >= 0.3 is 5.97 Å². The smallest absolute Gasteiger partial charge is 0.336 e. The Morgan fingerprint density at radius 3 is 2.58 bits per heavy atom. The fourth-order valence-corrected chi connectivity index (χ4v) is 1.75. The molecular formula is C16H20O3. The van der Waals surface area contributed by atoms with Crippen molar-refractivity contribution in [1.82, 2.24) is 0 Å². The molecule has 3 nitrogen and oxygen atoms in total. The van der Waals surface area contributed by atoms with Crippen LogP contribution in [0.25, 0.3) is 6.08 Å². The molecule has 1 aromatic carbocycles. The number of carbonyl (C=O) groups excluding carboxylic acids is 1. The lowest BCUT2D eigenvalue weighted by atomic mass is 9.90. The number of ether oxygens (including phenoxy) is 1. The van der Waals surface area contributed by atoms with Gasteiger partial charge in [0, 0.05) is 0 Å². The predicted octanol–water partition coefficient (Wildman–Crippen LogP) is 2.96. The first kappa shape index (κ1) is 15.2. The van der Waals surface area contributed by atoms with Gasteiger partial charge in [0.2, 0.25) is 0 Å². The maximum absolute atomic E-state index is 12.0. The highest BCUT2D eigenvalue weighted by Gasteiger charge is 2.30. The Hall–Kier alpha value is -1.87. The summed E-state index contributed by atoms with van der Waals surface area (Å²) in [7, 11) is 0. The minimum Gasteiger partial charge on any atom is -0.463 e. The summed E-state index contributed by atoms with van der Waals surface area (Å²) in [6, 6.07) is 9.36. The van der Waals surface area contributed by atoms with Crippen LogP contribution in [0.5, 0.6) is 0 Å².